The monoisotopic (exact) mass is 402 g/mol. The number of carbonyl (C=O) groups excluding carboxylic acids is 1. The van der Waals surface area contributed by atoms with E-state index in [0.717, 1.165) is 22.5 Å². The van der Waals surface area contributed by atoms with Crippen LogP contribution in [0, 0.1) is 6.92 Å². The number of aryl methyl sites for hydroxylation is 2. The second kappa shape index (κ2) is 8.20. The molecule has 0 spiro atoms. The van der Waals surface area contributed by atoms with Gasteiger partial charge in [0.2, 0.25) is 0 Å². The fraction of sp³-hybridized carbons (Fsp3) is 0.182. The molecule has 0 unspecified atom stereocenters. The summed E-state index contributed by atoms with van der Waals surface area (Å²) in [5, 5.41) is 11.4. The van der Waals surface area contributed by atoms with Crippen LogP contribution in [0.1, 0.15) is 21.6 Å². The number of carbonyl (C=O) groups is 1. The van der Waals surface area contributed by atoms with Gasteiger partial charge in [0.15, 0.2) is 0 Å². The first-order chi connectivity index (χ1) is 14.5. The van der Waals surface area contributed by atoms with Crippen molar-refractivity contribution in [3.63, 3.8) is 0 Å². The molecule has 0 fully saturated rings. The van der Waals surface area contributed by atoms with E-state index in [1.165, 1.54) is 0 Å². The van der Waals surface area contributed by atoms with E-state index in [4.69, 9.17) is 4.74 Å². The highest BCUT2D eigenvalue weighted by Gasteiger charge is 2.14. The van der Waals surface area contributed by atoms with Gasteiger partial charge >= 0.3 is 0 Å². The maximum absolute atomic E-state index is 12.7. The van der Waals surface area contributed by atoms with Crippen molar-refractivity contribution in [2.45, 2.75) is 13.5 Å². The summed E-state index contributed by atoms with van der Waals surface area (Å²) in [4.78, 5) is 17.1. The van der Waals surface area contributed by atoms with Crippen LogP contribution in [0.5, 0.6) is 11.5 Å². The number of pyridine rings is 1. The molecule has 1 N–H and O–H groups in total. The summed E-state index contributed by atoms with van der Waals surface area (Å²) in [7, 11) is 3.70. The predicted molar refractivity (Wildman–Crippen MR) is 112 cm³/mol. The Morgan fingerprint density at radius 1 is 1.17 bits per heavy atom. The average Bonchev–Trinajstić information content (AvgIpc) is 3.36. The lowest BCUT2D eigenvalue weighted by molar-refractivity contribution is 0.0949. The number of ether oxygens (including phenoxy) is 1. The first kappa shape index (κ1) is 19.4. The summed E-state index contributed by atoms with van der Waals surface area (Å²) < 4.78 is 9.50. The van der Waals surface area contributed by atoms with Gasteiger partial charge in [0, 0.05) is 55.4 Å². The normalized spacial score (nSPS) is 10.8. The lowest BCUT2D eigenvalue weighted by atomic mass is 10.1. The molecule has 0 aliphatic heterocycles. The van der Waals surface area contributed by atoms with Gasteiger partial charge in [-0.1, -0.05) is 6.07 Å². The van der Waals surface area contributed by atoms with Crippen LogP contribution in [-0.4, -0.2) is 30.5 Å². The zero-order valence-corrected chi connectivity index (χ0v) is 17.0. The Kier molecular flexibility index (Phi) is 5.30. The van der Waals surface area contributed by atoms with E-state index in [0.29, 0.717) is 23.6 Å². The highest BCUT2D eigenvalue weighted by atomic mass is 16.5. The maximum atomic E-state index is 12.7. The molecule has 0 aliphatic carbocycles. The van der Waals surface area contributed by atoms with Crippen LogP contribution in [0.2, 0.25) is 0 Å². The number of amides is 1. The van der Waals surface area contributed by atoms with Crippen molar-refractivity contribution in [2.75, 3.05) is 0 Å². The lowest BCUT2D eigenvalue weighted by Crippen LogP contribution is -2.24. The molecule has 3 heterocycles. The standard InChI is InChI=1S/C22H22N6O2/c1-15-19(22(29)24-13-17-8-10-27(2)26-17)5-4-6-21(15)30-18-7-9-23-20(11-18)16-12-25-28(3)14-16/h4-12,14H,13H2,1-3H3,(H,24,29). The van der Waals surface area contributed by atoms with E-state index in [1.807, 2.05) is 51.6 Å². The van der Waals surface area contributed by atoms with Crippen LogP contribution in [0.3, 0.4) is 0 Å². The first-order valence-electron chi connectivity index (χ1n) is 9.49. The summed E-state index contributed by atoms with van der Waals surface area (Å²) >= 11 is 0. The van der Waals surface area contributed by atoms with Crippen molar-refractivity contribution >= 4 is 5.91 Å². The molecule has 4 rings (SSSR count). The van der Waals surface area contributed by atoms with Gasteiger partial charge in [-0.15, -0.1) is 0 Å². The Morgan fingerprint density at radius 2 is 2.03 bits per heavy atom. The molecule has 30 heavy (non-hydrogen) atoms. The van der Waals surface area contributed by atoms with Crippen LogP contribution in [0.4, 0.5) is 0 Å². The molecule has 3 aromatic heterocycles. The predicted octanol–water partition coefficient (Wildman–Crippen LogP) is 3.25. The van der Waals surface area contributed by atoms with Gasteiger partial charge < -0.3 is 10.1 Å². The van der Waals surface area contributed by atoms with Crippen molar-refractivity contribution in [3.8, 4) is 22.8 Å². The van der Waals surface area contributed by atoms with Crippen molar-refractivity contribution < 1.29 is 9.53 Å². The van der Waals surface area contributed by atoms with Gasteiger partial charge in [-0.2, -0.15) is 10.2 Å². The van der Waals surface area contributed by atoms with Crippen LogP contribution >= 0.6 is 0 Å². The zero-order valence-electron chi connectivity index (χ0n) is 17.0. The van der Waals surface area contributed by atoms with Gasteiger partial charge in [-0.25, -0.2) is 0 Å². The molecular formula is C22H22N6O2. The Bertz CT molecular complexity index is 1190. The first-order valence-corrected chi connectivity index (χ1v) is 9.49. The molecule has 152 valence electrons. The van der Waals surface area contributed by atoms with Gasteiger partial charge in [-0.3, -0.25) is 19.1 Å². The topological polar surface area (TPSA) is 86.9 Å². The van der Waals surface area contributed by atoms with Gasteiger partial charge in [0.1, 0.15) is 11.5 Å². The van der Waals surface area contributed by atoms with E-state index >= 15 is 0 Å². The highest BCUT2D eigenvalue weighted by Crippen LogP contribution is 2.29. The average molecular weight is 402 g/mol. The molecule has 0 aliphatic rings. The molecule has 0 saturated heterocycles. The largest absolute Gasteiger partial charge is 0.457 e. The summed E-state index contributed by atoms with van der Waals surface area (Å²) in [6, 6.07) is 10.9. The minimum absolute atomic E-state index is 0.172. The van der Waals surface area contributed by atoms with E-state index in [1.54, 1.807) is 40.0 Å². The number of aromatic nitrogens is 5. The number of hydrogen-bond donors (Lipinski definition) is 1. The molecule has 4 aromatic rings. The Balaban J connectivity index is 1.51. The molecule has 0 bridgehead atoms. The number of hydrogen-bond acceptors (Lipinski definition) is 5. The second-order valence-electron chi connectivity index (χ2n) is 6.97. The molecule has 0 atom stereocenters. The Labute approximate surface area is 174 Å². The summed E-state index contributed by atoms with van der Waals surface area (Å²) in [5.74, 6) is 1.08. The quantitative estimate of drug-likeness (QED) is 0.535. The van der Waals surface area contributed by atoms with Crippen LogP contribution < -0.4 is 10.1 Å². The van der Waals surface area contributed by atoms with Crippen LogP contribution in [-0.2, 0) is 20.6 Å². The SMILES string of the molecule is Cc1c(Oc2ccnc(-c3cnn(C)c3)c2)cccc1C(=O)NCc1ccn(C)n1. The van der Waals surface area contributed by atoms with Crippen molar-refractivity contribution in [1.82, 2.24) is 29.9 Å². The zero-order chi connectivity index (χ0) is 21.1. The number of nitrogens with zero attached hydrogens (tertiary/aromatic N) is 5. The van der Waals surface area contributed by atoms with E-state index in [-0.39, 0.29) is 5.91 Å². The number of benzene rings is 1. The van der Waals surface area contributed by atoms with E-state index in [9.17, 15) is 4.79 Å². The smallest absolute Gasteiger partial charge is 0.252 e. The highest BCUT2D eigenvalue weighted by molar-refractivity contribution is 5.96. The van der Waals surface area contributed by atoms with Crippen molar-refractivity contribution in [3.05, 3.63) is 78.0 Å². The van der Waals surface area contributed by atoms with Gasteiger partial charge in [0.05, 0.1) is 24.1 Å². The van der Waals surface area contributed by atoms with E-state index in [2.05, 4.69) is 20.5 Å². The molecule has 1 aromatic carbocycles. The molecular weight excluding hydrogens is 380 g/mol. The minimum Gasteiger partial charge on any atom is -0.457 e. The van der Waals surface area contributed by atoms with Gasteiger partial charge in [-0.05, 0) is 31.2 Å². The third-order valence-corrected chi connectivity index (χ3v) is 4.69. The number of rotatable bonds is 6. The van der Waals surface area contributed by atoms with Crippen molar-refractivity contribution in [1.29, 1.82) is 0 Å². The second-order valence-corrected chi connectivity index (χ2v) is 6.97. The molecule has 8 heteroatoms. The fourth-order valence-corrected chi connectivity index (χ4v) is 3.11. The van der Waals surface area contributed by atoms with Gasteiger partial charge in [0.25, 0.3) is 5.91 Å². The Morgan fingerprint density at radius 3 is 2.77 bits per heavy atom. The summed E-state index contributed by atoms with van der Waals surface area (Å²) in [6.45, 7) is 2.23. The maximum Gasteiger partial charge on any atom is 0.252 e. The third-order valence-electron chi connectivity index (χ3n) is 4.69. The lowest BCUT2D eigenvalue weighted by Gasteiger charge is -2.13. The third kappa shape index (κ3) is 4.22. The van der Waals surface area contributed by atoms with Crippen LogP contribution in [0.25, 0.3) is 11.3 Å². The van der Waals surface area contributed by atoms with E-state index < -0.39 is 0 Å². The molecule has 0 saturated carbocycles. The Hall–Kier alpha value is -3.94. The summed E-state index contributed by atoms with van der Waals surface area (Å²) in [6.07, 6.45) is 7.18. The van der Waals surface area contributed by atoms with Crippen LogP contribution in [0.15, 0.2) is 61.2 Å². The molecule has 8 nitrogen and oxygen atoms in total. The minimum atomic E-state index is -0.172. The summed E-state index contributed by atoms with van der Waals surface area (Å²) in [5.41, 5.74) is 3.79. The fourth-order valence-electron chi connectivity index (χ4n) is 3.11. The number of nitrogens with one attached hydrogen (secondary N) is 1. The molecule has 1 amide bonds. The molecule has 0 radical (unpaired) electrons. The van der Waals surface area contributed by atoms with Crippen molar-refractivity contribution in [2.24, 2.45) is 14.1 Å².